The second-order valence-electron chi connectivity index (χ2n) is 13.2. The van der Waals surface area contributed by atoms with Crippen molar-refractivity contribution in [3.8, 4) is 35.4 Å². The Balaban J connectivity index is 1.25. The van der Waals surface area contributed by atoms with E-state index in [2.05, 4.69) is 32.7 Å². The number of ether oxygens (including phenoxy) is 1. The Hall–Kier alpha value is -5.74. The van der Waals surface area contributed by atoms with Gasteiger partial charge in [0.15, 0.2) is 11.6 Å². The highest BCUT2D eigenvalue weighted by Gasteiger charge is 2.29. The summed E-state index contributed by atoms with van der Waals surface area (Å²) in [7, 11) is 0. The van der Waals surface area contributed by atoms with Gasteiger partial charge < -0.3 is 19.6 Å². The zero-order valence-corrected chi connectivity index (χ0v) is 29.2. The predicted octanol–water partition coefficient (Wildman–Crippen LogP) is 6.51. The number of halogens is 3. The SMILES string of the molecule is C#Cc1c(F)ccc2cc(O)cc(-c3ncc4c(N5CCN(C(=O)/C(F)=C/c6ccccn6)CC5)nc(OCC5CCCN5CCCC)nc4c3F)c12. The highest BCUT2D eigenvalue weighted by atomic mass is 19.1. The number of aromatic hydroxyl groups is 1. The Bertz CT molecular complexity index is 2240. The van der Waals surface area contributed by atoms with Crippen LogP contribution in [0.25, 0.3) is 39.0 Å². The van der Waals surface area contributed by atoms with Crippen LogP contribution in [0.15, 0.2) is 60.7 Å². The van der Waals surface area contributed by atoms with Crippen molar-refractivity contribution in [2.45, 2.75) is 38.6 Å². The smallest absolute Gasteiger partial charge is 0.319 e. The minimum absolute atomic E-state index is 0.0372. The zero-order chi connectivity index (χ0) is 37.1. The summed E-state index contributed by atoms with van der Waals surface area (Å²) in [5, 5.41) is 11.5. The summed E-state index contributed by atoms with van der Waals surface area (Å²) >= 11 is 0. The second kappa shape index (κ2) is 15.5. The molecule has 0 bridgehead atoms. The van der Waals surface area contributed by atoms with Gasteiger partial charge in [-0.2, -0.15) is 9.97 Å². The van der Waals surface area contributed by atoms with Gasteiger partial charge in [0.05, 0.1) is 16.6 Å². The molecule has 2 aliphatic heterocycles. The van der Waals surface area contributed by atoms with Gasteiger partial charge in [-0.1, -0.05) is 31.4 Å². The summed E-state index contributed by atoms with van der Waals surface area (Å²) < 4.78 is 52.9. The number of benzene rings is 2. The molecular weight excluding hydrogens is 683 g/mol. The normalized spacial score (nSPS) is 16.7. The maximum atomic E-state index is 16.9. The van der Waals surface area contributed by atoms with Crippen molar-refractivity contribution < 1.29 is 27.8 Å². The molecule has 2 saturated heterocycles. The Labute approximate surface area is 304 Å². The van der Waals surface area contributed by atoms with Crippen molar-refractivity contribution in [3.05, 3.63) is 83.6 Å². The summed E-state index contributed by atoms with van der Waals surface area (Å²) in [5.74, 6) is -0.674. The Kier molecular flexibility index (Phi) is 10.4. The Morgan fingerprint density at radius 2 is 1.92 bits per heavy atom. The average molecular weight is 722 g/mol. The maximum Gasteiger partial charge on any atom is 0.319 e. The molecule has 10 nitrogen and oxygen atoms in total. The molecule has 53 heavy (non-hydrogen) atoms. The molecule has 0 spiro atoms. The number of nitrogens with zero attached hydrogens (tertiary/aromatic N) is 7. The Morgan fingerprint density at radius 1 is 1.09 bits per heavy atom. The van der Waals surface area contributed by atoms with Crippen molar-refractivity contribution in [3.63, 3.8) is 0 Å². The molecular formula is C40H38F3N7O3. The number of amides is 1. The zero-order valence-electron chi connectivity index (χ0n) is 29.2. The lowest BCUT2D eigenvalue weighted by Gasteiger charge is -2.35. The summed E-state index contributed by atoms with van der Waals surface area (Å²) in [6.07, 6.45) is 13.9. The highest BCUT2D eigenvalue weighted by molar-refractivity contribution is 6.03. The summed E-state index contributed by atoms with van der Waals surface area (Å²) in [4.78, 5) is 36.4. The van der Waals surface area contributed by atoms with Crippen LogP contribution < -0.4 is 9.64 Å². The molecule has 2 fully saturated rings. The third-order valence-electron chi connectivity index (χ3n) is 9.83. The first-order chi connectivity index (χ1) is 25.7. The van der Waals surface area contributed by atoms with E-state index in [1.807, 2.05) is 4.90 Å². The van der Waals surface area contributed by atoms with Crippen molar-refractivity contribution >= 4 is 39.5 Å². The van der Waals surface area contributed by atoms with Crippen molar-refractivity contribution in [2.24, 2.45) is 0 Å². The van der Waals surface area contributed by atoms with Gasteiger partial charge in [0.1, 0.15) is 35.2 Å². The number of hydrogen-bond acceptors (Lipinski definition) is 9. The maximum absolute atomic E-state index is 16.9. The van der Waals surface area contributed by atoms with Crippen LogP contribution >= 0.6 is 0 Å². The number of fused-ring (bicyclic) bond motifs is 2. The van der Waals surface area contributed by atoms with Crippen LogP contribution in [0.1, 0.15) is 43.9 Å². The highest BCUT2D eigenvalue weighted by Crippen LogP contribution is 2.39. The fourth-order valence-corrected chi connectivity index (χ4v) is 7.10. The van der Waals surface area contributed by atoms with E-state index < -0.39 is 23.4 Å². The van der Waals surface area contributed by atoms with Crippen LogP contribution in [0.3, 0.4) is 0 Å². The summed E-state index contributed by atoms with van der Waals surface area (Å²) in [5.41, 5.74) is 0.0517. The summed E-state index contributed by atoms with van der Waals surface area (Å²) in [6.45, 7) is 5.24. The number of carbonyl (C=O) groups is 1. The number of pyridine rings is 2. The van der Waals surface area contributed by atoms with Crippen LogP contribution in [0.5, 0.6) is 11.8 Å². The van der Waals surface area contributed by atoms with E-state index >= 15 is 4.39 Å². The minimum atomic E-state index is -0.925. The lowest BCUT2D eigenvalue weighted by Crippen LogP contribution is -2.49. The monoisotopic (exact) mass is 721 g/mol. The number of aromatic nitrogens is 4. The van der Waals surface area contributed by atoms with Crippen LogP contribution in [-0.2, 0) is 4.79 Å². The Morgan fingerprint density at radius 3 is 2.68 bits per heavy atom. The lowest BCUT2D eigenvalue weighted by atomic mass is 9.96. The molecule has 1 amide bonds. The van der Waals surface area contributed by atoms with E-state index in [0.29, 0.717) is 23.5 Å². The van der Waals surface area contributed by atoms with Crippen LogP contribution in [-0.4, -0.2) is 92.7 Å². The number of anilines is 1. The topological polar surface area (TPSA) is 108 Å². The van der Waals surface area contributed by atoms with Crippen molar-refractivity contribution in [2.75, 3.05) is 50.8 Å². The van der Waals surface area contributed by atoms with Gasteiger partial charge in [0, 0.05) is 61.6 Å². The number of terminal acetylenes is 1. The van der Waals surface area contributed by atoms with Crippen LogP contribution in [0.4, 0.5) is 19.0 Å². The van der Waals surface area contributed by atoms with Crippen LogP contribution in [0, 0.1) is 24.0 Å². The quantitative estimate of drug-likeness (QED) is 0.128. The van der Waals surface area contributed by atoms with Gasteiger partial charge in [-0.3, -0.25) is 19.7 Å². The first-order valence-corrected chi connectivity index (χ1v) is 17.7. The van der Waals surface area contributed by atoms with E-state index in [4.69, 9.17) is 16.1 Å². The minimum Gasteiger partial charge on any atom is -0.508 e. The number of hydrogen-bond donors (Lipinski definition) is 1. The largest absolute Gasteiger partial charge is 0.508 e. The number of rotatable bonds is 10. The molecule has 272 valence electrons. The van der Waals surface area contributed by atoms with E-state index in [1.165, 1.54) is 41.6 Å². The van der Waals surface area contributed by atoms with Gasteiger partial charge in [0.2, 0.25) is 0 Å². The molecule has 1 N–H and O–H groups in total. The molecule has 0 aliphatic carbocycles. The number of likely N-dealkylation sites (tertiary alicyclic amines) is 1. The molecule has 7 rings (SSSR count). The molecule has 5 aromatic rings. The van der Waals surface area contributed by atoms with E-state index in [9.17, 15) is 18.7 Å². The number of unbranched alkanes of at least 4 members (excludes halogenated alkanes) is 1. The molecule has 2 aliphatic rings. The van der Waals surface area contributed by atoms with E-state index in [1.54, 1.807) is 18.2 Å². The van der Waals surface area contributed by atoms with E-state index in [0.717, 1.165) is 44.8 Å². The van der Waals surface area contributed by atoms with Gasteiger partial charge >= 0.3 is 6.01 Å². The fraction of sp³-hybridized carbons (Fsp3) is 0.325. The average Bonchev–Trinajstić information content (AvgIpc) is 3.63. The number of piperazine rings is 1. The molecule has 0 radical (unpaired) electrons. The third-order valence-corrected chi connectivity index (χ3v) is 9.83. The van der Waals surface area contributed by atoms with Crippen molar-refractivity contribution in [1.29, 1.82) is 0 Å². The van der Waals surface area contributed by atoms with E-state index in [-0.39, 0.29) is 77.1 Å². The van der Waals surface area contributed by atoms with Gasteiger partial charge in [-0.15, -0.1) is 6.42 Å². The molecule has 1 unspecified atom stereocenters. The summed E-state index contributed by atoms with van der Waals surface area (Å²) in [6, 6.07) is 10.5. The molecule has 3 aromatic heterocycles. The van der Waals surface area contributed by atoms with Crippen LogP contribution in [0.2, 0.25) is 0 Å². The van der Waals surface area contributed by atoms with Gasteiger partial charge in [-0.05, 0) is 68.1 Å². The number of phenols is 1. The fourth-order valence-electron chi connectivity index (χ4n) is 7.10. The number of carbonyl (C=O) groups excluding carboxylic acids is 1. The van der Waals surface area contributed by atoms with Crippen molar-refractivity contribution in [1.82, 2.24) is 29.7 Å². The van der Waals surface area contributed by atoms with Gasteiger partial charge in [-0.25, -0.2) is 13.2 Å². The number of phenolic OH excluding ortho intramolecular Hbond substituents is 1. The lowest BCUT2D eigenvalue weighted by molar-refractivity contribution is -0.128. The first-order valence-electron chi connectivity index (χ1n) is 17.7. The molecule has 5 heterocycles. The standard InChI is InChI=1S/C40H38F3N7O3/c1-3-5-14-48-15-8-10-27(48)24-53-40-46-37-31(23-45-36(35(37)43)30-22-28(51)20-25-11-12-32(41)29(4-2)34(25)30)38(47-40)49-16-18-50(19-17-49)39(52)33(42)21-26-9-6-7-13-44-26/h2,6-7,9,11-13,20-23,27,51H,3,5,8,10,14-19,24H2,1H3/b33-21-. The first kappa shape index (κ1) is 35.7. The third kappa shape index (κ3) is 7.32. The predicted molar refractivity (Wildman–Crippen MR) is 197 cm³/mol. The molecule has 1 atom stereocenters. The molecule has 13 heteroatoms. The second-order valence-corrected chi connectivity index (χ2v) is 13.2. The molecule has 0 saturated carbocycles. The molecule has 2 aromatic carbocycles. The van der Waals surface area contributed by atoms with Gasteiger partial charge in [0.25, 0.3) is 5.91 Å².